The number of aliphatic hydroxyl groups is 1. The zero-order chi connectivity index (χ0) is 32.9. The van der Waals surface area contributed by atoms with Crippen molar-refractivity contribution < 1.29 is 9.90 Å². The third-order valence-corrected chi connectivity index (χ3v) is 8.35. The van der Waals surface area contributed by atoms with Crippen molar-refractivity contribution in [2.24, 2.45) is 5.73 Å². The summed E-state index contributed by atoms with van der Waals surface area (Å²) in [7, 11) is 0. The number of fused-ring (bicyclic) bond motifs is 1. The van der Waals surface area contributed by atoms with Crippen molar-refractivity contribution in [1.29, 1.82) is 0 Å². The molecule has 4 N–H and O–H groups in total. The van der Waals surface area contributed by atoms with Gasteiger partial charge in [0.2, 0.25) is 5.91 Å². The molecule has 2 aromatic carbocycles. The zero-order valence-corrected chi connectivity index (χ0v) is 27.3. The number of amides is 1. The summed E-state index contributed by atoms with van der Waals surface area (Å²) in [5.41, 5.74) is 8.32. The first kappa shape index (κ1) is 34.8. The minimum Gasteiger partial charge on any atom is -0.395 e. The molecule has 248 valence electrons. The number of imidazole rings is 1. The fraction of sp³-hybridized carbons (Fsp3) is 0.486. The van der Waals surface area contributed by atoms with Gasteiger partial charge in [-0.15, -0.1) is 0 Å². The number of benzene rings is 2. The van der Waals surface area contributed by atoms with Crippen molar-refractivity contribution >= 4 is 22.8 Å². The van der Waals surface area contributed by atoms with Gasteiger partial charge in [0.1, 0.15) is 5.82 Å². The summed E-state index contributed by atoms with van der Waals surface area (Å²) in [5, 5.41) is 12.6. The second kappa shape index (κ2) is 17.6. The molecule has 0 radical (unpaired) electrons. The summed E-state index contributed by atoms with van der Waals surface area (Å²) in [4.78, 5) is 47.7. The van der Waals surface area contributed by atoms with Gasteiger partial charge in [-0.1, -0.05) is 68.8 Å². The molecule has 0 saturated carbocycles. The third kappa shape index (κ3) is 8.80. The number of carbonyl (C=O) groups is 1. The highest BCUT2D eigenvalue weighted by Gasteiger charge is 2.22. The van der Waals surface area contributed by atoms with E-state index in [2.05, 4.69) is 10.2 Å². The van der Waals surface area contributed by atoms with Gasteiger partial charge in [-0.05, 0) is 56.0 Å². The minimum absolute atomic E-state index is 0.0489. The van der Waals surface area contributed by atoms with Crippen molar-refractivity contribution in [3.8, 4) is 0 Å². The number of carbonyl (C=O) groups excluding carboxylic acids is 1. The topological polar surface area (TPSA) is 140 Å². The molecular weight excluding hydrogens is 582 g/mol. The molecule has 4 rings (SSSR count). The number of rotatable bonds is 19. The number of aryl methyl sites for hydroxylation is 2. The van der Waals surface area contributed by atoms with Crippen LogP contribution in [-0.2, 0) is 37.3 Å². The van der Waals surface area contributed by atoms with Crippen LogP contribution in [0.1, 0.15) is 62.9 Å². The lowest BCUT2D eigenvalue weighted by Crippen LogP contribution is -2.41. The maximum absolute atomic E-state index is 14.0. The number of nitrogens with one attached hydrogen (secondary N) is 1. The van der Waals surface area contributed by atoms with E-state index in [0.29, 0.717) is 75.4 Å². The maximum Gasteiger partial charge on any atom is 0.332 e. The number of unbranched alkanes of at least 4 members (excludes halogenated alkanes) is 2. The van der Waals surface area contributed by atoms with Crippen molar-refractivity contribution in [1.82, 2.24) is 23.6 Å². The number of hydrogen-bond acceptors (Lipinski definition) is 7. The first-order chi connectivity index (χ1) is 22.4. The van der Waals surface area contributed by atoms with Gasteiger partial charge in [0.05, 0.1) is 6.61 Å². The monoisotopic (exact) mass is 631 g/mol. The molecular formula is C35H49N7O4. The molecule has 0 aliphatic heterocycles. The highest BCUT2D eigenvalue weighted by molar-refractivity contribution is 5.91. The average Bonchev–Trinajstić information content (AvgIpc) is 3.42. The van der Waals surface area contributed by atoms with E-state index in [-0.39, 0.29) is 30.3 Å². The molecule has 0 aliphatic rings. The predicted octanol–water partition coefficient (Wildman–Crippen LogP) is 3.38. The van der Waals surface area contributed by atoms with E-state index in [4.69, 9.17) is 10.7 Å². The van der Waals surface area contributed by atoms with Gasteiger partial charge in [-0.3, -0.25) is 23.6 Å². The van der Waals surface area contributed by atoms with E-state index in [1.54, 1.807) is 4.57 Å². The van der Waals surface area contributed by atoms with Crippen molar-refractivity contribution in [3.63, 3.8) is 0 Å². The van der Waals surface area contributed by atoms with Crippen LogP contribution in [0.15, 0.2) is 64.2 Å². The molecule has 4 aromatic rings. The average molecular weight is 632 g/mol. The standard InChI is InChI=1S/C35H49N7O4/c1-3-20-42-34(45)32-33(38-30(26-27-13-7-5-8-14-27)40(32)23-22-39(4-2)24-25-43)41(35(42)46)21-18-28-15-10-11-16-29(28)37-31(44)17-9-6-12-19-36/h5,7-8,10-11,13-16,43H,3-4,6,9,12,17-26,36H2,1-2H3,(H,37,44). The lowest BCUT2D eigenvalue weighted by Gasteiger charge is -2.20. The molecule has 0 saturated heterocycles. The quantitative estimate of drug-likeness (QED) is 0.135. The molecule has 0 fully saturated rings. The number of anilines is 1. The molecule has 0 spiro atoms. The summed E-state index contributed by atoms with van der Waals surface area (Å²) >= 11 is 0. The van der Waals surface area contributed by atoms with E-state index in [9.17, 15) is 19.5 Å². The van der Waals surface area contributed by atoms with Crippen LogP contribution in [0.2, 0.25) is 0 Å². The van der Waals surface area contributed by atoms with Gasteiger partial charge in [-0.2, -0.15) is 0 Å². The van der Waals surface area contributed by atoms with Gasteiger partial charge in [-0.25, -0.2) is 9.78 Å². The third-order valence-electron chi connectivity index (χ3n) is 8.35. The number of para-hydroxylation sites is 1. The van der Waals surface area contributed by atoms with Crippen LogP contribution < -0.4 is 22.3 Å². The summed E-state index contributed by atoms with van der Waals surface area (Å²) in [6.45, 7) is 7.65. The van der Waals surface area contributed by atoms with Crippen LogP contribution in [-0.4, -0.2) is 67.4 Å². The Morgan fingerprint density at radius 3 is 2.39 bits per heavy atom. The maximum atomic E-state index is 14.0. The summed E-state index contributed by atoms with van der Waals surface area (Å²) in [5.74, 6) is 0.662. The normalized spacial score (nSPS) is 11.5. The summed E-state index contributed by atoms with van der Waals surface area (Å²) < 4.78 is 4.91. The number of aliphatic hydroxyl groups excluding tert-OH is 1. The summed E-state index contributed by atoms with van der Waals surface area (Å²) in [6.07, 6.45) is 4.61. The highest BCUT2D eigenvalue weighted by atomic mass is 16.3. The van der Waals surface area contributed by atoms with Crippen LogP contribution in [0.3, 0.4) is 0 Å². The van der Waals surface area contributed by atoms with Crippen molar-refractivity contribution in [3.05, 3.63) is 92.4 Å². The number of hydrogen-bond donors (Lipinski definition) is 3. The van der Waals surface area contributed by atoms with Crippen LogP contribution >= 0.6 is 0 Å². The number of nitrogens with two attached hydrogens (primary N) is 1. The van der Waals surface area contributed by atoms with Gasteiger partial charge >= 0.3 is 5.69 Å². The fourth-order valence-electron chi connectivity index (χ4n) is 5.83. The second-order valence-corrected chi connectivity index (χ2v) is 11.6. The van der Waals surface area contributed by atoms with Gasteiger partial charge in [0.25, 0.3) is 5.56 Å². The van der Waals surface area contributed by atoms with E-state index in [1.165, 1.54) is 4.57 Å². The molecule has 1 amide bonds. The number of aromatic nitrogens is 4. The number of nitrogens with zero attached hydrogens (tertiary/aromatic N) is 5. The van der Waals surface area contributed by atoms with Crippen LogP contribution in [0.5, 0.6) is 0 Å². The van der Waals surface area contributed by atoms with Crippen molar-refractivity contribution in [2.75, 3.05) is 38.1 Å². The van der Waals surface area contributed by atoms with Crippen LogP contribution in [0, 0.1) is 0 Å². The first-order valence-corrected chi connectivity index (χ1v) is 16.6. The predicted molar refractivity (Wildman–Crippen MR) is 183 cm³/mol. The fourth-order valence-corrected chi connectivity index (χ4v) is 5.83. The minimum atomic E-state index is -0.382. The van der Waals surface area contributed by atoms with E-state index >= 15 is 0 Å². The molecule has 0 aliphatic carbocycles. The molecule has 2 heterocycles. The second-order valence-electron chi connectivity index (χ2n) is 11.6. The Kier molecular flexibility index (Phi) is 13.3. The molecule has 0 unspecified atom stereocenters. The highest BCUT2D eigenvalue weighted by Crippen LogP contribution is 2.20. The van der Waals surface area contributed by atoms with Crippen LogP contribution in [0.4, 0.5) is 5.69 Å². The molecule has 0 bridgehead atoms. The Bertz CT molecular complexity index is 1680. The molecule has 11 heteroatoms. The van der Waals surface area contributed by atoms with Gasteiger partial charge in [0.15, 0.2) is 11.2 Å². The van der Waals surface area contributed by atoms with Gasteiger partial charge in [0, 0.05) is 51.3 Å². The smallest absolute Gasteiger partial charge is 0.332 e. The van der Waals surface area contributed by atoms with Crippen molar-refractivity contribution in [2.45, 2.75) is 78.4 Å². The zero-order valence-electron chi connectivity index (χ0n) is 27.3. The number of likely N-dealkylation sites (N-methyl/N-ethyl adjacent to an activating group) is 1. The van der Waals surface area contributed by atoms with E-state index in [0.717, 1.165) is 42.6 Å². The molecule has 2 aromatic heterocycles. The van der Waals surface area contributed by atoms with E-state index in [1.807, 2.05) is 73.0 Å². The SMILES string of the molecule is CCCn1c(=O)c2c(nc(Cc3ccccc3)n2CCN(CC)CCO)n(CCc2ccccc2NC(=O)CCCCCN)c1=O. The Hall–Kier alpha value is -4.06. The molecule has 46 heavy (non-hydrogen) atoms. The Labute approximate surface area is 270 Å². The first-order valence-electron chi connectivity index (χ1n) is 16.6. The lowest BCUT2D eigenvalue weighted by molar-refractivity contribution is -0.116. The lowest BCUT2D eigenvalue weighted by atomic mass is 10.1. The molecule has 0 atom stereocenters. The van der Waals surface area contributed by atoms with Gasteiger partial charge < -0.3 is 20.7 Å². The summed E-state index contributed by atoms with van der Waals surface area (Å²) in [6, 6.07) is 17.6. The Balaban J connectivity index is 1.74. The Morgan fingerprint density at radius 1 is 0.913 bits per heavy atom. The Morgan fingerprint density at radius 2 is 1.67 bits per heavy atom. The molecule has 11 nitrogen and oxygen atoms in total. The largest absolute Gasteiger partial charge is 0.395 e. The van der Waals surface area contributed by atoms with Crippen LogP contribution in [0.25, 0.3) is 11.2 Å². The van der Waals surface area contributed by atoms with E-state index < -0.39 is 0 Å².